The number of H-pyrrole nitrogens is 1. The van der Waals surface area contributed by atoms with Crippen molar-refractivity contribution in [2.75, 3.05) is 39.3 Å². The van der Waals surface area contributed by atoms with Gasteiger partial charge in [-0.2, -0.15) is 0 Å². The molecule has 3 rings (SSSR count). The molecule has 1 amide bonds. The number of nitrogens with zero attached hydrogens (tertiary/aromatic N) is 1. The summed E-state index contributed by atoms with van der Waals surface area (Å²) >= 11 is 0. The van der Waals surface area contributed by atoms with E-state index in [4.69, 9.17) is 0 Å². The summed E-state index contributed by atoms with van der Waals surface area (Å²) in [5, 5.41) is 7.51. The molecule has 0 bridgehead atoms. The van der Waals surface area contributed by atoms with Crippen molar-refractivity contribution in [3.05, 3.63) is 36.0 Å². The summed E-state index contributed by atoms with van der Waals surface area (Å²) in [5.74, 6) is 0.0936. The second-order valence-corrected chi connectivity index (χ2v) is 5.52. The van der Waals surface area contributed by atoms with Crippen molar-refractivity contribution >= 4 is 16.8 Å². The maximum absolute atomic E-state index is 12.0. The lowest BCUT2D eigenvalue weighted by Gasteiger charge is -2.27. The summed E-state index contributed by atoms with van der Waals surface area (Å²) < 4.78 is 0. The number of hydrogen-bond donors (Lipinski definition) is 3. The molecule has 2 heterocycles. The number of fused-ring (bicyclic) bond motifs is 1. The largest absolute Gasteiger partial charge is 0.361 e. The van der Waals surface area contributed by atoms with Crippen molar-refractivity contribution in [1.82, 2.24) is 20.5 Å². The highest BCUT2D eigenvalue weighted by Gasteiger charge is 2.09. The second kappa shape index (κ2) is 6.74. The molecule has 0 unspecified atom stereocenters. The molecule has 1 saturated heterocycles. The minimum absolute atomic E-state index is 0.0936. The fraction of sp³-hybridized carbons (Fsp3) is 0.438. The maximum Gasteiger partial charge on any atom is 0.224 e. The van der Waals surface area contributed by atoms with Crippen LogP contribution in [0.3, 0.4) is 0 Å². The van der Waals surface area contributed by atoms with Crippen LogP contribution in [-0.4, -0.2) is 55.1 Å². The summed E-state index contributed by atoms with van der Waals surface area (Å²) in [6.45, 7) is 5.89. The zero-order valence-corrected chi connectivity index (χ0v) is 12.2. The van der Waals surface area contributed by atoms with Gasteiger partial charge in [0.1, 0.15) is 0 Å². The predicted molar refractivity (Wildman–Crippen MR) is 84.3 cm³/mol. The Labute approximate surface area is 124 Å². The molecule has 1 aromatic heterocycles. The predicted octanol–water partition coefficient (Wildman–Crippen LogP) is 0.732. The van der Waals surface area contributed by atoms with E-state index < -0.39 is 0 Å². The molecule has 1 fully saturated rings. The highest BCUT2D eigenvalue weighted by Crippen LogP contribution is 2.14. The quantitative estimate of drug-likeness (QED) is 0.759. The van der Waals surface area contributed by atoms with Crippen molar-refractivity contribution in [2.24, 2.45) is 0 Å². The van der Waals surface area contributed by atoms with Gasteiger partial charge in [-0.15, -0.1) is 0 Å². The normalized spacial score (nSPS) is 16.2. The van der Waals surface area contributed by atoms with Gasteiger partial charge in [-0.25, -0.2) is 0 Å². The lowest BCUT2D eigenvalue weighted by Crippen LogP contribution is -2.46. The maximum atomic E-state index is 12.0. The lowest BCUT2D eigenvalue weighted by atomic mass is 10.1. The number of rotatable bonds is 5. The number of amides is 1. The minimum atomic E-state index is 0.0936. The fourth-order valence-corrected chi connectivity index (χ4v) is 2.74. The topological polar surface area (TPSA) is 60.2 Å². The molecule has 5 nitrogen and oxygen atoms in total. The standard InChI is InChI=1S/C16H22N4O/c21-16(19-7-10-20-8-5-17-6-9-20)12-13-1-2-14-3-4-18-15(14)11-13/h1-4,11,17-18H,5-10,12H2,(H,19,21). The number of carbonyl (C=O) groups is 1. The van der Waals surface area contributed by atoms with Crippen LogP contribution in [0.2, 0.25) is 0 Å². The van der Waals surface area contributed by atoms with E-state index >= 15 is 0 Å². The van der Waals surface area contributed by atoms with Gasteiger partial charge in [0, 0.05) is 51.0 Å². The average Bonchev–Trinajstić information content (AvgIpc) is 2.96. The molecule has 2 aromatic rings. The Hall–Kier alpha value is -1.85. The molecule has 112 valence electrons. The van der Waals surface area contributed by atoms with E-state index in [-0.39, 0.29) is 5.91 Å². The number of carbonyl (C=O) groups excluding carboxylic acids is 1. The van der Waals surface area contributed by atoms with Gasteiger partial charge in [-0.1, -0.05) is 12.1 Å². The summed E-state index contributed by atoms with van der Waals surface area (Å²) in [6, 6.07) is 8.15. The van der Waals surface area contributed by atoms with Gasteiger partial charge >= 0.3 is 0 Å². The van der Waals surface area contributed by atoms with Gasteiger partial charge in [0.2, 0.25) is 5.91 Å². The lowest BCUT2D eigenvalue weighted by molar-refractivity contribution is -0.120. The van der Waals surface area contributed by atoms with Crippen molar-refractivity contribution < 1.29 is 4.79 Å². The molecule has 0 spiro atoms. The Morgan fingerprint density at radius 1 is 1.24 bits per heavy atom. The summed E-state index contributed by atoms with van der Waals surface area (Å²) in [5.41, 5.74) is 2.13. The van der Waals surface area contributed by atoms with Crippen molar-refractivity contribution in [1.29, 1.82) is 0 Å². The Morgan fingerprint density at radius 2 is 2.10 bits per heavy atom. The summed E-state index contributed by atoms with van der Waals surface area (Å²) in [6.07, 6.45) is 2.36. The first kappa shape index (κ1) is 14.1. The third kappa shape index (κ3) is 3.83. The Bertz CT molecular complexity index is 601. The van der Waals surface area contributed by atoms with E-state index in [0.29, 0.717) is 6.42 Å². The number of hydrogen-bond acceptors (Lipinski definition) is 3. The molecule has 1 aromatic carbocycles. The van der Waals surface area contributed by atoms with E-state index in [2.05, 4.69) is 26.6 Å². The van der Waals surface area contributed by atoms with Crippen molar-refractivity contribution in [3.63, 3.8) is 0 Å². The molecule has 21 heavy (non-hydrogen) atoms. The van der Waals surface area contributed by atoms with E-state index in [1.54, 1.807) is 0 Å². The number of aromatic nitrogens is 1. The molecule has 0 radical (unpaired) electrons. The highest BCUT2D eigenvalue weighted by molar-refractivity contribution is 5.83. The summed E-state index contributed by atoms with van der Waals surface area (Å²) in [7, 11) is 0. The van der Waals surface area contributed by atoms with Gasteiger partial charge in [0.05, 0.1) is 6.42 Å². The van der Waals surface area contributed by atoms with Gasteiger partial charge in [0.25, 0.3) is 0 Å². The van der Waals surface area contributed by atoms with Crippen molar-refractivity contribution in [3.8, 4) is 0 Å². The Kier molecular flexibility index (Phi) is 4.52. The number of nitrogens with one attached hydrogen (secondary N) is 3. The molecule has 1 aliphatic heterocycles. The molecule has 5 heteroatoms. The van der Waals surface area contributed by atoms with E-state index in [1.165, 1.54) is 5.39 Å². The van der Waals surface area contributed by atoms with Crippen LogP contribution in [0.25, 0.3) is 10.9 Å². The van der Waals surface area contributed by atoms with Crippen LogP contribution >= 0.6 is 0 Å². The Balaban J connectivity index is 1.44. The summed E-state index contributed by atoms with van der Waals surface area (Å²) in [4.78, 5) is 17.5. The van der Waals surface area contributed by atoms with Crippen LogP contribution in [0.1, 0.15) is 5.56 Å². The zero-order chi connectivity index (χ0) is 14.5. The van der Waals surface area contributed by atoms with Crippen LogP contribution in [0.15, 0.2) is 30.5 Å². The van der Waals surface area contributed by atoms with Crippen LogP contribution in [0.5, 0.6) is 0 Å². The van der Waals surface area contributed by atoms with Gasteiger partial charge < -0.3 is 15.6 Å². The number of aromatic amines is 1. The first-order chi connectivity index (χ1) is 10.3. The molecule has 3 N–H and O–H groups in total. The van der Waals surface area contributed by atoms with Gasteiger partial charge in [-0.3, -0.25) is 9.69 Å². The van der Waals surface area contributed by atoms with Crippen LogP contribution in [0, 0.1) is 0 Å². The molecular weight excluding hydrogens is 264 g/mol. The first-order valence-corrected chi connectivity index (χ1v) is 7.57. The fourth-order valence-electron chi connectivity index (χ4n) is 2.74. The van der Waals surface area contributed by atoms with Crippen LogP contribution in [-0.2, 0) is 11.2 Å². The smallest absolute Gasteiger partial charge is 0.224 e. The van der Waals surface area contributed by atoms with Crippen LogP contribution < -0.4 is 10.6 Å². The molecular formula is C16H22N4O. The SMILES string of the molecule is O=C(Cc1ccc2cc[nH]c2c1)NCCN1CCNCC1. The zero-order valence-electron chi connectivity index (χ0n) is 12.2. The third-order valence-electron chi connectivity index (χ3n) is 3.94. The van der Waals surface area contributed by atoms with E-state index in [1.807, 2.05) is 24.4 Å². The van der Waals surface area contributed by atoms with Crippen LogP contribution in [0.4, 0.5) is 0 Å². The number of piperazine rings is 1. The van der Waals surface area contributed by atoms with Gasteiger partial charge in [-0.05, 0) is 23.1 Å². The average molecular weight is 286 g/mol. The highest BCUT2D eigenvalue weighted by atomic mass is 16.1. The van der Waals surface area contributed by atoms with E-state index in [9.17, 15) is 4.79 Å². The minimum Gasteiger partial charge on any atom is -0.361 e. The van der Waals surface area contributed by atoms with Crippen molar-refractivity contribution in [2.45, 2.75) is 6.42 Å². The number of benzene rings is 1. The van der Waals surface area contributed by atoms with E-state index in [0.717, 1.165) is 50.3 Å². The monoisotopic (exact) mass is 286 g/mol. The van der Waals surface area contributed by atoms with Gasteiger partial charge in [0.15, 0.2) is 0 Å². The molecule has 1 aliphatic rings. The molecule has 0 aliphatic carbocycles. The second-order valence-electron chi connectivity index (χ2n) is 5.52. The molecule has 0 atom stereocenters. The molecule has 0 saturated carbocycles. The third-order valence-corrected chi connectivity index (χ3v) is 3.94. The first-order valence-electron chi connectivity index (χ1n) is 7.57. The Morgan fingerprint density at radius 3 is 2.95 bits per heavy atom.